The molecule has 30 heavy (non-hydrogen) atoms. The lowest BCUT2D eigenvalue weighted by atomic mass is 10.3. The van der Waals surface area contributed by atoms with Crippen LogP contribution in [0.4, 0.5) is 11.9 Å². The fourth-order valence-corrected chi connectivity index (χ4v) is 3.06. The highest BCUT2D eigenvalue weighted by Gasteiger charge is 2.23. The molecule has 0 saturated carbocycles. The Labute approximate surface area is 178 Å². The summed E-state index contributed by atoms with van der Waals surface area (Å²) in [6.07, 6.45) is 6.99. The first kappa shape index (κ1) is 21.5. The molecule has 0 amide bonds. The van der Waals surface area contributed by atoms with Crippen LogP contribution in [0.15, 0.2) is 25.6 Å². The van der Waals surface area contributed by atoms with Crippen molar-refractivity contribution in [1.82, 2.24) is 19.9 Å². The molecule has 0 atom stereocenters. The summed E-state index contributed by atoms with van der Waals surface area (Å²) >= 11 is 0. The predicted octanol–water partition coefficient (Wildman–Crippen LogP) is 3.45. The molecule has 2 aromatic rings. The molecule has 8 nitrogen and oxygen atoms in total. The third-order valence-electron chi connectivity index (χ3n) is 4.52. The summed E-state index contributed by atoms with van der Waals surface area (Å²) in [6, 6.07) is 0. The second kappa shape index (κ2) is 9.56. The smallest absolute Gasteiger partial charge is 0.228 e. The third kappa shape index (κ3) is 5.06. The van der Waals surface area contributed by atoms with Crippen molar-refractivity contribution < 1.29 is 9.47 Å². The van der Waals surface area contributed by atoms with Crippen molar-refractivity contribution >= 4 is 24.0 Å². The molecule has 2 aromatic heterocycles. The van der Waals surface area contributed by atoms with Gasteiger partial charge in [0, 0.05) is 38.6 Å². The van der Waals surface area contributed by atoms with E-state index in [4.69, 9.17) is 9.47 Å². The van der Waals surface area contributed by atoms with E-state index in [9.17, 15) is 0 Å². The van der Waals surface area contributed by atoms with Crippen LogP contribution >= 0.6 is 0 Å². The van der Waals surface area contributed by atoms with E-state index < -0.39 is 0 Å². The summed E-state index contributed by atoms with van der Waals surface area (Å²) in [4.78, 5) is 22.5. The lowest BCUT2D eigenvalue weighted by Crippen LogP contribution is -2.47. The molecule has 3 rings (SSSR count). The lowest BCUT2D eigenvalue weighted by molar-refractivity contribution is 0.231. The molecule has 0 N–H and O–H groups in total. The number of hydrogen-bond acceptors (Lipinski definition) is 8. The first-order chi connectivity index (χ1) is 14.4. The topological polar surface area (TPSA) is 76.5 Å². The predicted molar refractivity (Wildman–Crippen MR) is 120 cm³/mol. The maximum atomic E-state index is 5.82. The van der Waals surface area contributed by atoms with Gasteiger partial charge in [-0.1, -0.05) is 25.3 Å². The Kier molecular flexibility index (Phi) is 6.87. The van der Waals surface area contributed by atoms with Gasteiger partial charge in [0.2, 0.25) is 23.7 Å². The van der Waals surface area contributed by atoms with Crippen LogP contribution in [0.1, 0.15) is 38.8 Å². The van der Waals surface area contributed by atoms with Gasteiger partial charge in [-0.25, -0.2) is 9.97 Å². The minimum atomic E-state index is 0.0289. The van der Waals surface area contributed by atoms with Gasteiger partial charge in [-0.15, -0.1) is 0 Å². The summed E-state index contributed by atoms with van der Waals surface area (Å²) in [5.74, 6) is 2.43. The number of ether oxygens (including phenoxy) is 2. The first-order valence-electron chi connectivity index (χ1n) is 10.2. The SMILES string of the molecule is C=Cc1cnc(N2CCN(c3ncc(C=C)c(OC(C)C)n3)CC2)nc1OC(C)C. The molecule has 1 aliphatic heterocycles. The minimum Gasteiger partial charge on any atom is -0.474 e. The van der Waals surface area contributed by atoms with Crippen LogP contribution in [0, 0.1) is 0 Å². The summed E-state index contributed by atoms with van der Waals surface area (Å²) in [5.41, 5.74) is 1.58. The van der Waals surface area contributed by atoms with Gasteiger partial charge in [0.25, 0.3) is 0 Å². The Hall–Kier alpha value is -3.16. The average Bonchev–Trinajstić information content (AvgIpc) is 2.73. The quantitative estimate of drug-likeness (QED) is 0.655. The molecule has 0 bridgehead atoms. The fourth-order valence-electron chi connectivity index (χ4n) is 3.06. The van der Waals surface area contributed by atoms with Crippen molar-refractivity contribution in [2.45, 2.75) is 39.9 Å². The second-order valence-electron chi connectivity index (χ2n) is 7.58. The van der Waals surface area contributed by atoms with Crippen molar-refractivity contribution in [3.63, 3.8) is 0 Å². The number of hydrogen-bond donors (Lipinski definition) is 0. The van der Waals surface area contributed by atoms with Gasteiger partial charge in [-0.2, -0.15) is 9.97 Å². The summed E-state index contributed by atoms with van der Waals surface area (Å²) in [7, 11) is 0. The molecule has 1 aliphatic rings. The van der Waals surface area contributed by atoms with E-state index in [1.807, 2.05) is 27.7 Å². The standard InChI is InChI=1S/C22H30N6O2/c1-7-17-13-23-21(25-19(17)29-15(3)4)27-9-11-28(12-10-27)22-24-14-18(8-2)20(26-22)30-16(5)6/h7-8,13-16H,1-2,9-12H2,3-6H3. The summed E-state index contributed by atoms with van der Waals surface area (Å²) < 4.78 is 11.6. The van der Waals surface area contributed by atoms with Crippen LogP contribution < -0.4 is 19.3 Å². The van der Waals surface area contributed by atoms with Gasteiger partial charge in [0.15, 0.2) is 0 Å². The Morgan fingerprint density at radius 2 is 1.13 bits per heavy atom. The van der Waals surface area contributed by atoms with Crippen LogP contribution in [0.3, 0.4) is 0 Å². The van der Waals surface area contributed by atoms with Crippen LogP contribution in [0.25, 0.3) is 12.2 Å². The van der Waals surface area contributed by atoms with Crippen molar-refractivity contribution in [1.29, 1.82) is 0 Å². The van der Waals surface area contributed by atoms with E-state index in [1.165, 1.54) is 0 Å². The number of aromatic nitrogens is 4. The van der Waals surface area contributed by atoms with E-state index in [-0.39, 0.29) is 12.2 Å². The molecule has 1 saturated heterocycles. The molecule has 0 aliphatic carbocycles. The maximum absolute atomic E-state index is 5.82. The second-order valence-corrected chi connectivity index (χ2v) is 7.58. The number of rotatable bonds is 8. The van der Waals surface area contributed by atoms with Crippen molar-refractivity contribution in [2.75, 3.05) is 36.0 Å². The van der Waals surface area contributed by atoms with Gasteiger partial charge < -0.3 is 19.3 Å². The van der Waals surface area contributed by atoms with Crippen LogP contribution in [0.2, 0.25) is 0 Å². The zero-order chi connectivity index (χ0) is 21.7. The number of piperazine rings is 1. The Morgan fingerprint density at radius 3 is 1.43 bits per heavy atom. The maximum Gasteiger partial charge on any atom is 0.228 e. The van der Waals surface area contributed by atoms with Crippen molar-refractivity contribution in [3.8, 4) is 11.8 Å². The third-order valence-corrected chi connectivity index (χ3v) is 4.52. The lowest BCUT2D eigenvalue weighted by Gasteiger charge is -2.35. The highest BCUT2D eigenvalue weighted by atomic mass is 16.5. The van der Waals surface area contributed by atoms with E-state index in [0.717, 1.165) is 37.3 Å². The zero-order valence-corrected chi connectivity index (χ0v) is 18.2. The molecular weight excluding hydrogens is 380 g/mol. The molecule has 0 spiro atoms. The van der Waals surface area contributed by atoms with E-state index in [2.05, 4.69) is 42.9 Å². The molecule has 0 unspecified atom stereocenters. The fraction of sp³-hybridized carbons (Fsp3) is 0.455. The van der Waals surface area contributed by atoms with E-state index in [0.29, 0.717) is 23.7 Å². The molecule has 3 heterocycles. The van der Waals surface area contributed by atoms with Gasteiger partial charge in [0.05, 0.1) is 23.3 Å². The highest BCUT2D eigenvalue weighted by Crippen LogP contribution is 2.24. The summed E-state index contributed by atoms with van der Waals surface area (Å²) in [6.45, 7) is 18.5. The highest BCUT2D eigenvalue weighted by molar-refractivity contribution is 5.55. The summed E-state index contributed by atoms with van der Waals surface area (Å²) in [5, 5.41) is 0. The Balaban J connectivity index is 1.72. The first-order valence-corrected chi connectivity index (χ1v) is 10.2. The van der Waals surface area contributed by atoms with Crippen LogP contribution in [-0.4, -0.2) is 58.3 Å². The van der Waals surface area contributed by atoms with E-state index in [1.54, 1.807) is 24.5 Å². The van der Waals surface area contributed by atoms with Gasteiger partial charge >= 0.3 is 0 Å². The normalized spacial score (nSPS) is 14.2. The van der Waals surface area contributed by atoms with E-state index >= 15 is 0 Å². The van der Waals surface area contributed by atoms with Gasteiger partial charge in [-0.05, 0) is 27.7 Å². The van der Waals surface area contributed by atoms with Crippen LogP contribution in [0.5, 0.6) is 11.8 Å². The number of nitrogens with zero attached hydrogens (tertiary/aromatic N) is 6. The van der Waals surface area contributed by atoms with Crippen molar-refractivity contribution in [2.24, 2.45) is 0 Å². The average molecular weight is 411 g/mol. The molecule has 8 heteroatoms. The largest absolute Gasteiger partial charge is 0.474 e. The molecular formula is C22H30N6O2. The van der Waals surface area contributed by atoms with Gasteiger partial charge in [-0.3, -0.25) is 0 Å². The molecule has 160 valence electrons. The number of anilines is 2. The van der Waals surface area contributed by atoms with Gasteiger partial charge in [0.1, 0.15) is 0 Å². The van der Waals surface area contributed by atoms with Crippen molar-refractivity contribution in [3.05, 3.63) is 36.7 Å². The van der Waals surface area contributed by atoms with Crippen LogP contribution in [-0.2, 0) is 0 Å². The molecule has 1 fully saturated rings. The molecule has 0 aromatic carbocycles. The molecule has 0 radical (unpaired) electrons. The Morgan fingerprint density at radius 1 is 0.767 bits per heavy atom. The Bertz CT molecular complexity index is 818. The zero-order valence-electron chi connectivity index (χ0n) is 18.2. The monoisotopic (exact) mass is 410 g/mol. The minimum absolute atomic E-state index is 0.0289.